The Balaban J connectivity index is 1.95. The SMILES string of the molecule is CCn1cnnc1CNC(=O)C1=NN(C)C(=O)CC1. The van der Waals surface area contributed by atoms with Gasteiger partial charge in [0.15, 0.2) is 5.82 Å². The molecule has 2 rings (SSSR count). The number of nitrogens with one attached hydrogen (secondary N) is 1. The molecule has 0 aliphatic carbocycles. The van der Waals surface area contributed by atoms with Crippen molar-refractivity contribution < 1.29 is 9.59 Å². The minimum Gasteiger partial charge on any atom is -0.344 e. The highest BCUT2D eigenvalue weighted by Crippen LogP contribution is 2.07. The summed E-state index contributed by atoms with van der Waals surface area (Å²) in [6.45, 7) is 3.01. The molecule has 1 N–H and O–H groups in total. The first-order chi connectivity index (χ1) is 9.11. The fourth-order valence-corrected chi connectivity index (χ4v) is 1.77. The summed E-state index contributed by atoms with van der Waals surface area (Å²) in [5, 5.41) is 15.6. The van der Waals surface area contributed by atoms with Crippen molar-refractivity contribution in [3.8, 4) is 0 Å². The molecule has 0 bridgehead atoms. The van der Waals surface area contributed by atoms with Gasteiger partial charge >= 0.3 is 0 Å². The molecule has 1 aliphatic heterocycles. The van der Waals surface area contributed by atoms with E-state index < -0.39 is 0 Å². The van der Waals surface area contributed by atoms with Gasteiger partial charge in [-0.25, -0.2) is 5.01 Å². The van der Waals surface area contributed by atoms with Crippen LogP contribution in [0.25, 0.3) is 0 Å². The summed E-state index contributed by atoms with van der Waals surface area (Å²) < 4.78 is 1.85. The maximum atomic E-state index is 11.9. The summed E-state index contributed by atoms with van der Waals surface area (Å²) in [7, 11) is 1.54. The molecule has 1 aromatic heterocycles. The Kier molecular flexibility index (Phi) is 3.88. The zero-order chi connectivity index (χ0) is 13.8. The fourth-order valence-electron chi connectivity index (χ4n) is 1.77. The van der Waals surface area contributed by atoms with E-state index in [-0.39, 0.29) is 11.8 Å². The highest BCUT2D eigenvalue weighted by atomic mass is 16.2. The van der Waals surface area contributed by atoms with Gasteiger partial charge in [0, 0.05) is 26.4 Å². The van der Waals surface area contributed by atoms with Crippen LogP contribution >= 0.6 is 0 Å². The molecule has 0 saturated heterocycles. The van der Waals surface area contributed by atoms with Gasteiger partial charge in [-0.15, -0.1) is 10.2 Å². The van der Waals surface area contributed by atoms with Crippen molar-refractivity contribution in [2.24, 2.45) is 5.10 Å². The molecule has 19 heavy (non-hydrogen) atoms. The van der Waals surface area contributed by atoms with Crippen LogP contribution < -0.4 is 5.32 Å². The van der Waals surface area contributed by atoms with E-state index in [0.717, 1.165) is 6.54 Å². The molecule has 0 saturated carbocycles. The zero-order valence-electron chi connectivity index (χ0n) is 11.0. The van der Waals surface area contributed by atoms with Gasteiger partial charge in [0.25, 0.3) is 5.91 Å². The number of aryl methyl sites for hydroxylation is 1. The number of carbonyl (C=O) groups excluding carboxylic acids is 2. The molecule has 102 valence electrons. The molecule has 0 spiro atoms. The topological polar surface area (TPSA) is 92.5 Å². The Morgan fingerprint density at radius 1 is 1.47 bits per heavy atom. The normalized spacial score (nSPS) is 15.4. The number of carbonyl (C=O) groups is 2. The van der Waals surface area contributed by atoms with Gasteiger partial charge in [0.1, 0.15) is 12.0 Å². The Morgan fingerprint density at radius 2 is 2.26 bits per heavy atom. The van der Waals surface area contributed by atoms with Crippen LogP contribution in [0.1, 0.15) is 25.6 Å². The van der Waals surface area contributed by atoms with Crippen molar-refractivity contribution >= 4 is 17.5 Å². The van der Waals surface area contributed by atoms with Gasteiger partial charge < -0.3 is 9.88 Å². The molecule has 0 radical (unpaired) electrons. The van der Waals surface area contributed by atoms with E-state index in [2.05, 4.69) is 20.6 Å². The molecule has 1 aliphatic rings. The monoisotopic (exact) mass is 264 g/mol. The van der Waals surface area contributed by atoms with Crippen LogP contribution in [-0.4, -0.2) is 44.3 Å². The smallest absolute Gasteiger partial charge is 0.267 e. The van der Waals surface area contributed by atoms with Gasteiger partial charge in [-0.05, 0) is 6.92 Å². The Labute approximate surface area is 110 Å². The van der Waals surface area contributed by atoms with Crippen molar-refractivity contribution in [3.63, 3.8) is 0 Å². The first-order valence-electron chi connectivity index (χ1n) is 6.10. The standard InChI is InChI=1S/C11H16N6O2/c1-3-17-7-13-14-9(17)6-12-11(19)8-4-5-10(18)16(2)15-8/h7H,3-6H2,1-2H3,(H,12,19). The van der Waals surface area contributed by atoms with Crippen molar-refractivity contribution in [2.45, 2.75) is 32.9 Å². The van der Waals surface area contributed by atoms with Crippen LogP contribution in [0.4, 0.5) is 0 Å². The predicted molar refractivity (Wildman–Crippen MR) is 67.0 cm³/mol. The molecule has 1 aromatic rings. The van der Waals surface area contributed by atoms with Crippen LogP contribution in [0.5, 0.6) is 0 Å². The van der Waals surface area contributed by atoms with Crippen molar-refractivity contribution in [1.82, 2.24) is 25.1 Å². The fraction of sp³-hybridized carbons (Fsp3) is 0.545. The lowest BCUT2D eigenvalue weighted by Crippen LogP contribution is -2.37. The second kappa shape index (κ2) is 5.59. The highest BCUT2D eigenvalue weighted by Gasteiger charge is 2.21. The molecular formula is C11H16N6O2. The summed E-state index contributed by atoms with van der Waals surface area (Å²) in [4.78, 5) is 23.2. The number of aromatic nitrogens is 3. The molecule has 0 atom stereocenters. The summed E-state index contributed by atoms with van der Waals surface area (Å²) >= 11 is 0. The second-order valence-electron chi connectivity index (χ2n) is 4.18. The number of nitrogens with zero attached hydrogens (tertiary/aromatic N) is 5. The van der Waals surface area contributed by atoms with Gasteiger partial charge in [-0.1, -0.05) is 0 Å². The lowest BCUT2D eigenvalue weighted by atomic mass is 10.1. The maximum Gasteiger partial charge on any atom is 0.267 e. The molecule has 2 amide bonds. The third-order valence-corrected chi connectivity index (χ3v) is 2.91. The quantitative estimate of drug-likeness (QED) is 0.795. The lowest BCUT2D eigenvalue weighted by Gasteiger charge is -2.18. The van der Waals surface area contributed by atoms with E-state index in [1.165, 1.54) is 5.01 Å². The van der Waals surface area contributed by atoms with Crippen molar-refractivity contribution in [2.75, 3.05) is 7.05 Å². The molecule has 8 nitrogen and oxygen atoms in total. The first-order valence-corrected chi connectivity index (χ1v) is 6.10. The van der Waals surface area contributed by atoms with E-state index in [1.807, 2.05) is 11.5 Å². The third kappa shape index (κ3) is 2.95. The zero-order valence-corrected chi connectivity index (χ0v) is 11.0. The van der Waals surface area contributed by atoms with Crippen molar-refractivity contribution in [1.29, 1.82) is 0 Å². The van der Waals surface area contributed by atoms with E-state index >= 15 is 0 Å². The maximum absolute atomic E-state index is 11.9. The Bertz CT molecular complexity index is 521. The van der Waals surface area contributed by atoms with Gasteiger partial charge in [-0.3, -0.25) is 9.59 Å². The number of rotatable bonds is 4. The van der Waals surface area contributed by atoms with Gasteiger partial charge in [-0.2, -0.15) is 5.10 Å². The molecule has 0 aromatic carbocycles. The Hall–Kier alpha value is -2.25. The number of amides is 2. The third-order valence-electron chi connectivity index (χ3n) is 2.91. The summed E-state index contributed by atoms with van der Waals surface area (Å²) in [5.74, 6) is 0.337. The summed E-state index contributed by atoms with van der Waals surface area (Å²) in [5.41, 5.74) is 0.365. The molecule has 0 unspecified atom stereocenters. The molecular weight excluding hydrogens is 248 g/mol. The summed E-state index contributed by atoms with van der Waals surface area (Å²) in [6, 6.07) is 0. The van der Waals surface area contributed by atoms with E-state index in [9.17, 15) is 9.59 Å². The lowest BCUT2D eigenvalue weighted by molar-refractivity contribution is -0.130. The highest BCUT2D eigenvalue weighted by molar-refractivity contribution is 6.39. The minimum absolute atomic E-state index is 0.0812. The van der Waals surface area contributed by atoms with Crippen LogP contribution in [0.2, 0.25) is 0 Å². The predicted octanol–water partition coefficient (Wildman–Crippen LogP) is -0.478. The average Bonchev–Trinajstić information content (AvgIpc) is 2.86. The summed E-state index contributed by atoms with van der Waals surface area (Å²) in [6.07, 6.45) is 2.30. The average molecular weight is 264 g/mol. The molecule has 0 fully saturated rings. The van der Waals surface area contributed by atoms with Crippen LogP contribution in [0, 0.1) is 0 Å². The number of hydrazone groups is 1. The van der Waals surface area contributed by atoms with Crippen LogP contribution in [0.15, 0.2) is 11.4 Å². The van der Waals surface area contributed by atoms with Gasteiger partial charge in [0.05, 0.1) is 6.54 Å². The molecule has 8 heteroatoms. The number of hydrogen-bond donors (Lipinski definition) is 1. The number of hydrogen-bond acceptors (Lipinski definition) is 5. The van der Waals surface area contributed by atoms with Crippen LogP contribution in [0.3, 0.4) is 0 Å². The van der Waals surface area contributed by atoms with E-state index in [0.29, 0.717) is 30.9 Å². The Morgan fingerprint density at radius 3 is 2.95 bits per heavy atom. The van der Waals surface area contributed by atoms with Gasteiger partial charge in [0.2, 0.25) is 5.91 Å². The van der Waals surface area contributed by atoms with E-state index in [1.54, 1.807) is 13.4 Å². The van der Waals surface area contributed by atoms with Crippen LogP contribution in [-0.2, 0) is 22.7 Å². The van der Waals surface area contributed by atoms with E-state index in [4.69, 9.17) is 0 Å². The minimum atomic E-state index is -0.273. The largest absolute Gasteiger partial charge is 0.344 e. The first kappa shape index (κ1) is 13.2. The molecule has 2 heterocycles. The van der Waals surface area contributed by atoms with Crippen molar-refractivity contribution in [3.05, 3.63) is 12.2 Å². The second-order valence-corrected chi connectivity index (χ2v) is 4.18.